The largest absolute Gasteiger partial charge is 0.573 e. The third-order valence-electron chi connectivity index (χ3n) is 4.87. The molecule has 0 heterocycles. The summed E-state index contributed by atoms with van der Waals surface area (Å²) in [5, 5.41) is 0. The van der Waals surface area contributed by atoms with E-state index in [2.05, 4.69) is 4.74 Å². The molecule has 0 aromatic heterocycles. The number of alkyl halides is 3. The van der Waals surface area contributed by atoms with E-state index in [9.17, 15) is 21.6 Å². The van der Waals surface area contributed by atoms with Gasteiger partial charge in [-0.1, -0.05) is 12.1 Å². The van der Waals surface area contributed by atoms with Crippen molar-refractivity contribution in [2.24, 2.45) is 11.8 Å². The van der Waals surface area contributed by atoms with Crippen LogP contribution in [0.5, 0.6) is 5.75 Å². The van der Waals surface area contributed by atoms with E-state index in [-0.39, 0.29) is 11.9 Å². The summed E-state index contributed by atoms with van der Waals surface area (Å²) in [5.41, 5.74) is 1.000. The Kier molecular flexibility index (Phi) is 4.55. The zero-order valence-corrected chi connectivity index (χ0v) is 13.9. The van der Waals surface area contributed by atoms with Crippen molar-refractivity contribution in [3.8, 4) is 5.75 Å². The molecule has 0 amide bonds. The molecule has 134 valence electrons. The molecular weight excluding hydrogens is 345 g/mol. The predicted molar refractivity (Wildman–Crippen MR) is 81.0 cm³/mol. The van der Waals surface area contributed by atoms with Gasteiger partial charge in [0.25, 0.3) is 10.1 Å². The highest BCUT2D eigenvalue weighted by Gasteiger charge is 2.43. The second-order valence-corrected chi connectivity index (χ2v) is 8.30. The van der Waals surface area contributed by atoms with E-state index >= 15 is 0 Å². The lowest BCUT2D eigenvalue weighted by Gasteiger charge is -2.15. The van der Waals surface area contributed by atoms with Crippen LogP contribution >= 0.6 is 0 Å². The Labute approximate surface area is 139 Å². The van der Waals surface area contributed by atoms with Gasteiger partial charge >= 0.3 is 6.36 Å². The van der Waals surface area contributed by atoms with Crippen molar-refractivity contribution in [1.29, 1.82) is 0 Å². The fourth-order valence-electron chi connectivity index (χ4n) is 4.10. The lowest BCUT2D eigenvalue weighted by Crippen LogP contribution is -2.17. The molecule has 0 saturated heterocycles. The Morgan fingerprint density at radius 3 is 2.00 bits per heavy atom. The first kappa shape index (κ1) is 17.5. The zero-order valence-electron chi connectivity index (χ0n) is 13.1. The van der Waals surface area contributed by atoms with E-state index in [1.807, 2.05) is 0 Å². The monoisotopic (exact) mass is 364 g/mol. The van der Waals surface area contributed by atoms with Crippen LogP contribution < -0.4 is 4.74 Å². The van der Waals surface area contributed by atoms with Gasteiger partial charge in [0.1, 0.15) is 5.75 Å². The number of benzene rings is 1. The van der Waals surface area contributed by atoms with Gasteiger partial charge in [-0.2, -0.15) is 8.42 Å². The lowest BCUT2D eigenvalue weighted by atomic mass is 9.94. The topological polar surface area (TPSA) is 52.6 Å². The standard InChI is InChI=1S/C16H19F3O4S/c1-24(20,21)23-15-8-12-6-11(7-13(12)9-15)10-2-4-14(5-3-10)22-16(17,18)19/h2-5,11-13,15H,6-9H2,1H3/t11?,12-,13+,15?. The quantitative estimate of drug-likeness (QED) is 0.762. The molecule has 2 fully saturated rings. The average Bonchev–Trinajstić information content (AvgIpc) is 2.93. The molecular formula is C16H19F3O4S. The van der Waals surface area contributed by atoms with Gasteiger partial charge in [0.05, 0.1) is 12.4 Å². The van der Waals surface area contributed by atoms with Crippen LogP contribution in [0.4, 0.5) is 13.2 Å². The van der Waals surface area contributed by atoms with E-state index in [1.54, 1.807) is 12.1 Å². The summed E-state index contributed by atoms with van der Waals surface area (Å²) >= 11 is 0. The molecule has 2 unspecified atom stereocenters. The summed E-state index contributed by atoms with van der Waals surface area (Å²) in [6, 6.07) is 6.04. The van der Waals surface area contributed by atoms with Gasteiger partial charge in [0, 0.05) is 0 Å². The molecule has 2 aliphatic carbocycles. The summed E-state index contributed by atoms with van der Waals surface area (Å²) in [6.07, 6.45) is -0.581. The summed E-state index contributed by atoms with van der Waals surface area (Å²) in [7, 11) is -3.43. The number of hydrogen-bond donors (Lipinski definition) is 0. The van der Waals surface area contributed by atoms with Crippen molar-refractivity contribution in [3.05, 3.63) is 29.8 Å². The number of hydrogen-bond acceptors (Lipinski definition) is 4. The summed E-state index contributed by atoms with van der Waals surface area (Å²) in [6.45, 7) is 0. The maximum Gasteiger partial charge on any atom is 0.573 e. The van der Waals surface area contributed by atoms with Crippen LogP contribution in [0.15, 0.2) is 24.3 Å². The molecule has 0 aliphatic heterocycles. The van der Waals surface area contributed by atoms with Gasteiger partial charge in [0.15, 0.2) is 0 Å². The fraction of sp³-hybridized carbons (Fsp3) is 0.625. The van der Waals surface area contributed by atoms with Gasteiger partial charge in [0.2, 0.25) is 0 Å². The number of fused-ring (bicyclic) bond motifs is 1. The molecule has 3 rings (SSSR count). The Balaban J connectivity index is 1.58. The minimum atomic E-state index is -4.68. The van der Waals surface area contributed by atoms with E-state index in [0.29, 0.717) is 17.8 Å². The van der Waals surface area contributed by atoms with Gasteiger partial charge in [-0.3, -0.25) is 4.18 Å². The van der Waals surface area contributed by atoms with E-state index in [0.717, 1.165) is 37.5 Å². The van der Waals surface area contributed by atoms with Crippen LogP contribution in [0.25, 0.3) is 0 Å². The van der Waals surface area contributed by atoms with Crippen LogP contribution in [0.2, 0.25) is 0 Å². The Hall–Kier alpha value is -1.28. The SMILES string of the molecule is CS(=O)(=O)OC1C[C@@H]2CC(c3ccc(OC(F)(F)F)cc3)C[C@@H]2C1. The number of ether oxygens (including phenoxy) is 1. The van der Waals surface area contributed by atoms with Crippen LogP contribution in [-0.2, 0) is 14.3 Å². The molecule has 1 aromatic carbocycles. The van der Waals surface area contributed by atoms with Gasteiger partial charge in [-0.05, 0) is 61.1 Å². The Morgan fingerprint density at radius 1 is 1.00 bits per heavy atom. The molecule has 0 bridgehead atoms. The molecule has 2 saturated carbocycles. The number of halogens is 3. The highest BCUT2D eigenvalue weighted by molar-refractivity contribution is 7.86. The highest BCUT2D eigenvalue weighted by atomic mass is 32.2. The average molecular weight is 364 g/mol. The normalized spacial score (nSPS) is 30.3. The third-order valence-corrected chi connectivity index (χ3v) is 5.49. The summed E-state index contributed by atoms with van der Waals surface area (Å²) in [5.74, 6) is 0.894. The molecule has 0 radical (unpaired) electrons. The molecule has 24 heavy (non-hydrogen) atoms. The second-order valence-electron chi connectivity index (χ2n) is 6.70. The van der Waals surface area contributed by atoms with Gasteiger partial charge in [-0.25, -0.2) is 0 Å². The van der Waals surface area contributed by atoms with E-state index in [4.69, 9.17) is 4.18 Å². The van der Waals surface area contributed by atoms with Gasteiger partial charge in [-0.15, -0.1) is 13.2 Å². The minimum absolute atomic E-state index is 0.217. The molecule has 1 aromatic rings. The zero-order chi connectivity index (χ0) is 17.5. The van der Waals surface area contributed by atoms with Crippen molar-refractivity contribution in [2.75, 3.05) is 6.26 Å². The third kappa shape index (κ3) is 4.42. The van der Waals surface area contributed by atoms with Crippen LogP contribution in [0.3, 0.4) is 0 Å². The molecule has 0 N–H and O–H groups in total. The summed E-state index contributed by atoms with van der Waals surface area (Å²) < 4.78 is 67.9. The van der Waals surface area contributed by atoms with Crippen molar-refractivity contribution >= 4 is 10.1 Å². The van der Waals surface area contributed by atoms with Crippen molar-refractivity contribution < 1.29 is 30.5 Å². The first-order chi connectivity index (χ1) is 11.1. The van der Waals surface area contributed by atoms with E-state index in [1.165, 1.54) is 12.1 Å². The van der Waals surface area contributed by atoms with Crippen molar-refractivity contribution in [1.82, 2.24) is 0 Å². The van der Waals surface area contributed by atoms with Crippen LogP contribution in [-0.4, -0.2) is 27.1 Å². The molecule has 4 atom stereocenters. The Morgan fingerprint density at radius 2 is 1.54 bits per heavy atom. The fourth-order valence-corrected chi connectivity index (χ4v) is 4.75. The maximum atomic E-state index is 12.2. The minimum Gasteiger partial charge on any atom is -0.406 e. The number of rotatable bonds is 4. The smallest absolute Gasteiger partial charge is 0.406 e. The van der Waals surface area contributed by atoms with Gasteiger partial charge < -0.3 is 4.74 Å². The first-order valence-electron chi connectivity index (χ1n) is 7.83. The highest BCUT2D eigenvalue weighted by Crippen LogP contribution is 2.51. The first-order valence-corrected chi connectivity index (χ1v) is 9.65. The van der Waals surface area contributed by atoms with Crippen molar-refractivity contribution in [2.45, 2.75) is 44.1 Å². The predicted octanol–water partition coefficient (Wildman–Crippen LogP) is 3.83. The van der Waals surface area contributed by atoms with Crippen LogP contribution in [0.1, 0.15) is 37.2 Å². The lowest BCUT2D eigenvalue weighted by molar-refractivity contribution is -0.274. The second kappa shape index (κ2) is 6.22. The van der Waals surface area contributed by atoms with E-state index < -0.39 is 16.5 Å². The maximum absolute atomic E-state index is 12.2. The van der Waals surface area contributed by atoms with Crippen LogP contribution in [0, 0.1) is 11.8 Å². The summed E-state index contributed by atoms with van der Waals surface area (Å²) in [4.78, 5) is 0. The molecule has 8 heteroatoms. The molecule has 4 nitrogen and oxygen atoms in total. The van der Waals surface area contributed by atoms with Crippen molar-refractivity contribution in [3.63, 3.8) is 0 Å². The molecule has 0 spiro atoms. The Bertz CT molecular complexity index is 670. The molecule has 2 aliphatic rings.